The number of aliphatic hydroxyl groups excluding tert-OH is 1. The molecule has 0 bridgehead atoms. The molecule has 4 rings (SSSR count). The molecule has 70 heavy (non-hydrogen) atoms. The summed E-state index contributed by atoms with van der Waals surface area (Å²) >= 11 is 0. The molecule has 1 unspecified atom stereocenters. The Morgan fingerprint density at radius 2 is 1.41 bits per heavy atom. The minimum absolute atomic E-state index is 0.0142. The number of likely N-dealkylation sites (tertiary alicyclic amines) is 1. The van der Waals surface area contributed by atoms with Crippen molar-refractivity contribution < 1.29 is 62.4 Å². The van der Waals surface area contributed by atoms with Gasteiger partial charge in [-0.3, -0.25) is 38.5 Å². The standard InChI is InChI=1S/C51H80N6O13/c1-33(2)44(53-50(65)51(5,6)54-40(58)23-26-68-28-30-70-31-29-69-27-25-57-41(59)21-22-42(57)60)49(64)55(7)45(36-16-13-14-17-36)39(66-8)32-43(61)56-24-15-20-38(56)47(67-9)34(3)48(63)52-35(4)46(62)37-18-11-10-12-19-37/h10-12,18-19,21-22,33-36,38-39,44-47,62H,13-17,20,23-32H2,1-9H3,(H,52,63)(H,53,65)(H,54,58)/t34-,35-,38+,39?,44-,45+,46-,47-/m1/s1. The van der Waals surface area contributed by atoms with Crippen LogP contribution in [0, 0.1) is 17.8 Å². The number of hydrogen-bond acceptors (Lipinski definition) is 13. The second-order valence-electron chi connectivity index (χ2n) is 19.5. The lowest BCUT2D eigenvalue weighted by molar-refractivity contribution is -0.148. The van der Waals surface area contributed by atoms with Crippen molar-refractivity contribution in [2.24, 2.45) is 17.8 Å². The molecule has 4 N–H and O–H groups in total. The summed E-state index contributed by atoms with van der Waals surface area (Å²) in [7, 11) is 4.79. The molecule has 1 aromatic rings. The molecule has 19 nitrogen and oxygen atoms in total. The zero-order chi connectivity index (χ0) is 51.5. The van der Waals surface area contributed by atoms with Gasteiger partial charge in [-0.15, -0.1) is 0 Å². The Balaban J connectivity index is 1.29. The Hall–Kier alpha value is -4.79. The molecule has 0 spiro atoms. The highest BCUT2D eigenvalue weighted by Gasteiger charge is 2.45. The van der Waals surface area contributed by atoms with Gasteiger partial charge in [0.2, 0.25) is 29.5 Å². The van der Waals surface area contributed by atoms with Crippen LogP contribution in [-0.2, 0) is 57.2 Å². The maximum absolute atomic E-state index is 14.6. The summed E-state index contributed by atoms with van der Waals surface area (Å²) in [5.41, 5.74) is -0.689. The summed E-state index contributed by atoms with van der Waals surface area (Å²) in [6.45, 7) is 12.3. The van der Waals surface area contributed by atoms with Crippen molar-refractivity contribution in [1.29, 1.82) is 0 Å². The second-order valence-corrected chi connectivity index (χ2v) is 19.5. The summed E-state index contributed by atoms with van der Waals surface area (Å²) in [4.78, 5) is 97.0. The lowest BCUT2D eigenvalue weighted by Gasteiger charge is -2.41. The molecule has 3 aliphatic rings. The number of aliphatic hydroxyl groups is 1. The molecule has 2 heterocycles. The average molecular weight is 985 g/mol. The SMILES string of the molecule is COC(CC(=O)N1CCC[C@H]1[C@H](OC)[C@@H](C)C(=O)N[C@H](C)[C@@H](O)c1ccccc1)[C@H](C1CCCC1)N(C)C(=O)[C@H](NC(=O)C(C)(C)NC(=O)CCOCCOCCOCCN1C(=O)C=CC1=O)C(C)C. The van der Waals surface area contributed by atoms with E-state index in [2.05, 4.69) is 16.0 Å². The molecular formula is C51H80N6O13. The summed E-state index contributed by atoms with van der Waals surface area (Å²) < 4.78 is 28.5. The molecule has 8 atom stereocenters. The number of imide groups is 1. The van der Waals surface area contributed by atoms with E-state index in [1.807, 2.05) is 32.0 Å². The van der Waals surface area contributed by atoms with E-state index >= 15 is 0 Å². The molecule has 1 saturated heterocycles. The molecular weight excluding hydrogens is 905 g/mol. The minimum Gasteiger partial charge on any atom is -0.386 e. The van der Waals surface area contributed by atoms with Crippen molar-refractivity contribution >= 4 is 41.4 Å². The van der Waals surface area contributed by atoms with E-state index in [0.717, 1.165) is 37.0 Å². The molecule has 19 heteroatoms. The summed E-state index contributed by atoms with van der Waals surface area (Å²) in [6.07, 6.45) is 5.20. The first-order valence-electron chi connectivity index (χ1n) is 24.9. The van der Waals surface area contributed by atoms with Crippen molar-refractivity contribution in [3.63, 3.8) is 0 Å². The van der Waals surface area contributed by atoms with Gasteiger partial charge in [0.15, 0.2) is 0 Å². The number of benzene rings is 1. The molecule has 0 aromatic heterocycles. The van der Waals surface area contributed by atoms with Gasteiger partial charge in [-0.05, 0) is 63.9 Å². The fourth-order valence-corrected chi connectivity index (χ4v) is 9.65. The molecule has 0 radical (unpaired) electrons. The lowest BCUT2D eigenvalue weighted by Crippen LogP contribution is -2.62. The number of nitrogens with one attached hydrogen (secondary N) is 3. The van der Waals surface area contributed by atoms with Gasteiger partial charge in [-0.25, -0.2) is 0 Å². The predicted octanol–water partition coefficient (Wildman–Crippen LogP) is 2.69. The Morgan fingerprint density at radius 3 is 2.00 bits per heavy atom. The lowest BCUT2D eigenvalue weighted by atomic mass is 9.88. The molecule has 1 aromatic carbocycles. The molecule has 392 valence electrons. The Morgan fingerprint density at radius 1 is 0.814 bits per heavy atom. The normalized spacial score (nSPS) is 19.4. The third kappa shape index (κ3) is 16.4. The smallest absolute Gasteiger partial charge is 0.253 e. The van der Waals surface area contributed by atoms with Crippen molar-refractivity contribution in [3.05, 3.63) is 48.0 Å². The highest BCUT2D eigenvalue weighted by atomic mass is 16.5. The second kappa shape index (κ2) is 28.3. The first-order chi connectivity index (χ1) is 33.3. The van der Waals surface area contributed by atoms with Crippen LogP contribution in [0.2, 0.25) is 0 Å². The largest absolute Gasteiger partial charge is 0.386 e. The van der Waals surface area contributed by atoms with Gasteiger partial charge in [0.1, 0.15) is 11.6 Å². The molecule has 7 amide bonds. The van der Waals surface area contributed by atoms with Gasteiger partial charge < -0.3 is 54.5 Å². The summed E-state index contributed by atoms with van der Waals surface area (Å²) in [5, 5.41) is 19.5. The van der Waals surface area contributed by atoms with Crippen LogP contribution in [0.4, 0.5) is 0 Å². The third-order valence-corrected chi connectivity index (χ3v) is 13.7. The van der Waals surface area contributed by atoms with E-state index < -0.39 is 59.7 Å². The third-order valence-electron chi connectivity index (χ3n) is 13.7. The van der Waals surface area contributed by atoms with E-state index in [-0.39, 0.29) is 106 Å². The van der Waals surface area contributed by atoms with E-state index in [4.69, 9.17) is 23.7 Å². The number of carbonyl (C=O) groups is 7. The van der Waals surface area contributed by atoms with Crippen LogP contribution in [0.5, 0.6) is 0 Å². The number of methoxy groups -OCH3 is 2. The number of rotatable bonds is 30. The van der Waals surface area contributed by atoms with Crippen LogP contribution >= 0.6 is 0 Å². The van der Waals surface area contributed by atoms with Crippen molar-refractivity contribution in [2.75, 3.05) is 74.0 Å². The predicted molar refractivity (Wildman–Crippen MR) is 260 cm³/mol. The van der Waals surface area contributed by atoms with E-state index in [0.29, 0.717) is 18.5 Å². The quantitative estimate of drug-likeness (QED) is 0.0643. The van der Waals surface area contributed by atoms with Crippen molar-refractivity contribution in [2.45, 2.75) is 141 Å². The van der Waals surface area contributed by atoms with Crippen molar-refractivity contribution in [3.8, 4) is 0 Å². The zero-order valence-electron chi connectivity index (χ0n) is 42.8. The number of hydrogen-bond donors (Lipinski definition) is 4. The molecule has 2 aliphatic heterocycles. The highest BCUT2D eigenvalue weighted by Crippen LogP contribution is 2.35. The molecule has 2 fully saturated rings. The number of amides is 7. The maximum Gasteiger partial charge on any atom is 0.253 e. The average Bonchev–Trinajstić information content (AvgIpc) is 4.12. The number of nitrogens with zero attached hydrogens (tertiary/aromatic N) is 3. The monoisotopic (exact) mass is 985 g/mol. The highest BCUT2D eigenvalue weighted by molar-refractivity contribution is 6.12. The van der Waals surface area contributed by atoms with E-state index in [1.54, 1.807) is 63.8 Å². The van der Waals surface area contributed by atoms with Gasteiger partial charge >= 0.3 is 0 Å². The first kappa shape index (κ1) is 57.8. The number of ether oxygens (including phenoxy) is 5. The Labute approximate surface area is 414 Å². The van der Waals surface area contributed by atoms with E-state index in [9.17, 15) is 38.7 Å². The van der Waals surface area contributed by atoms with Gasteiger partial charge in [0.25, 0.3) is 11.8 Å². The zero-order valence-corrected chi connectivity index (χ0v) is 42.8. The fraction of sp³-hybridized carbons (Fsp3) is 0.706. The van der Waals surface area contributed by atoms with Gasteiger partial charge in [-0.2, -0.15) is 0 Å². The van der Waals surface area contributed by atoms with E-state index in [1.165, 1.54) is 19.3 Å². The van der Waals surface area contributed by atoms with Crippen LogP contribution in [0.15, 0.2) is 42.5 Å². The maximum atomic E-state index is 14.6. The number of likely N-dealkylation sites (N-methyl/N-ethyl adjacent to an activating group) is 1. The summed E-state index contributed by atoms with van der Waals surface area (Å²) in [6, 6.07) is 6.73. The Bertz CT molecular complexity index is 1890. The van der Waals surface area contributed by atoms with Gasteiger partial charge in [0, 0.05) is 46.4 Å². The summed E-state index contributed by atoms with van der Waals surface area (Å²) in [5.74, 6) is -3.41. The topological polar surface area (TPSA) is 232 Å². The van der Waals surface area contributed by atoms with Crippen LogP contribution < -0.4 is 16.0 Å². The van der Waals surface area contributed by atoms with Crippen molar-refractivity contribution in [1.82, 2.24) is 30.7 Å². The number of carbonyl (C=O) groups excluding carboxylic acids is 7. The molecule has 1 aliphatic carbocycles. The Kier molecular flexibility index (Phi) is 23.4. The molecule has 1 saturated carbocycles. The fourth-order valence-electron chi connectivity index (χ4n) is 9.65. The van der Waals surface area contributed by atoms with Crippen LogP contribution in [0.25, 0.3) is 0 Å². The minimum atomic E-state index is -1.38. The first-order valence-corrected chi connectivity index (χ1v) is 24.9. The van der Waals surface area contributed by atoms with Crippen LogP contribution in [0.3, 0.4) is 0 Å². The van der Waals surface area contributed by atoms with Gasteiger partial charge in [-0.1, -0.05) is 63.9 Å². The van der Waals surface area contributed by atoms with Crippen LogP contribution in [-0.4, -0.2) is 177 Å². The van der Waals surface area contributed by atoms with Crippen LogP contribution in [0.1, 0.15) is 105 Å². The van der Waals surface area contributed by atoms with Gasteiger partial charge in [0.05, 0.1) is 95.0 Å².